The molecule has 8 nitrogen and oxygen atoms in total. The Bertz CT molecular complexity index is 1790. The molecule has 1 N–H and O–H groups in total. The Balaban J connectivity index is 1.27. The number of benzene rings is 3. The second kappa shape index (κ2) is 9.80. The number of nitrogens with zero attached hydrogens (tertiary/aromatic N) is 3. The third kappa shape index (κ3) is 4.33. The zero-order valence-corrected chi connectivity index (χ0v) is 21.7. The van der Waals surface area contributed by atoms with Gasteiger partial charge in [0.15, 0.2) is 0 Å². The van der Waals surface area contributed by atoms with Gasteiger partial charge in [0.1, 0.15) is 29.7 Å². The maximum atomic E-state index is 13.3. The van der Waals surface area contributed by atoms with E-state index in [0.29, 0.717) is 49.9 Å². The van der Waals surface area contributed by atoms with E-state index in [-0.39, 0.29) is 24.2 Å². The van der Waals surface area contributed by atoms with E-state index < -0.39 is 0 Å². The van der Waals surface area contributed by atoms with Crippen LogP contribution >= 0.6 is 15.9 Å². The average Bonchev–Trinajstić information content (AvgIpc) is 3.62. The number of amides is 1. The number of fused-ring (bicyclic) bond motifs is 2. The third-order valence-corrected chi connectivity index (χ3v) is 7.45. The standard InChI is InChI=1S/C29H21BrN4O4/c30-22-13-26-21(12-19(22)14-31)27(35)20-11-18(8-9-25(20)38-26)28-32-15-23(33-28)24-7-4-10-34(24)29(36)37-16-17-5-2-1-3-6-17/h1-3,5-6,8-9,11-13,15,24H,4,7,10,16H2,(H,32,33)/t24-/m0/s1. The molecule has 188 valence electrons. The Hall–Kier alpha value is -4.42. The number of carbonyl (C=O) groups is 1. The monoisotopic (exact) mass is 568 g/mol. The van der Waals surface area contributed by atoms with Crippen LogP contribution in [0.4, 0.5) is 4.79 Å². The fraction of sp³-hybridized carbons (Fsp3) is 0.172. The number of aromatic nitrogens is 2. The number of nitriles is 1. The smallest absolute Gasteiger partial charge is 0.410 e. The first-order chi connectivity index (χ1) is 18.5. The summed E-state index contributed by atoms with van der Waals surface area (Å²) in [6, 6.07) is 20.0. The summed E-state index contributed by atoms with van der Waals surface area (Å²) in [4.78, 5) is 35.7. The van der Waals surface area contributed by atoms with Gasteiger partial charge in [0, 0.05) is 16.6 Å². The van der Waals surface area contributed by atoms with E-state index in [1.165, 1.54) is 6.07 Å². The molecule has 1 aliphatic heterocycles. The fourth-order valence-corrected chi connectivity index (χ4v) is 5.28. The molecule has 0 unspecified atom stereocenters. The first kappa shape index (κ1) is 23.9. The van der Waals surface area contributed by atoms with Crippen molar-refractivity contribution < 1.29 is 13.9 Å². The number of carbonyl (C=O) groups excluding carboxylic acids is 1. The van der Waals surface area contributed by atoms with Crippen molar-refractivity contribution in [3.8, 4) is 17.5 Å². The lowest BCUT2D eigenvalue weighted by atomic mass is 10.1. The van der Waals surface area contributed by atoms with Crippen LogP contribution in [0.25, 0.3) is 33.3 Å². The Kier molecular flexibility index (Phi) is 6.18. The molecule has 5 aromatic rings. The van der Waals surface area contributed by atoms with Gasteiger partial charge in [-0.3, -0.25) is 9.69 Å². The van der Waals surface area contributed by atoms with Gasteiger partial charge in [0.25, 0.3) is 0 Å². The quantitative estimate of drug-likeness (QED) is 0.249. The Morgan fingerprint density at radius 1 is 1.16 bits per heavy atom. The van der Waals surface area contributed by atoms with Gasteiger partial charge >= 0.3 is 6.09 Å². The third-order valence-electron chi connectivity index (χ3n) is 6.80. The molecular weight excluding hydrogens is 548 g/mol. The van der Waals surface area contributed by atoms with Crippen molar-refractivity contribution in [1.82, 2.24) is 14.9 Å². The van der Waals surface area contributed by atoms with E-state index in [2.05, 4.69) is 32.0 Å². The number of H-pyrrole nitrogens is 1. The number of likely N-dealkylation sites (tertiary alicyclic amines) is 1. The van der Waals surface area contributed by atoms with Crippen molar-refractivity contribution in [2.75, 3.05) is 6.54 Å². The second-order valence-electron chi connectivity index (χ2n) is 9.16. The van der Waals surface area contributed by atoms with Crippen molar-refractivity contribution in [1.29, 1.82) is 5.26 Å². The predicted octanol–water partition coefficient (Wildman–Crippen LogP) is 6.44. The highest BCUT2D eigenvalue weighted by molar-refractivity contribution is 9.10. The summed E-state index contributed by atoms with van der Waals surface area (Å²) < 4.78 is 12.1. The zero-order chi connectivity index (χ0) is 26.2. The Morgan fingerprint density at radius 3 is 2.79 bits per heavy atom. The van der Waals surface area contributed by atoms with E-state index in [1.807, 2.05) is 36.4 Å². The molecule has 0 radical (unpaired) electrons. The number of aromatic amines is 1. The number of hydrogen-bond acceptors (Lipinski definition) is 6. The number of ether oxygens (including phenoxy) is 1. The van der Waals surface area contributed by atoms with Crippen LogP contribution in [0.5, 0.6) is 0 Å². The van der Waals surface area contributed by atoms with Gasteiger partial charge in [-0.25, -0.2) is 9.78 Å². The van der Waals surface area contributed by atoms with Gasteiger partial charge in [-0.05, 0) is 64.7 Å². The van der Waals surface area contributed by atoms with Crippen molar-refractivity contribution in [3.05, 3.63) is 98.4 Å². The molecule has 0 aliphatic carbocycles. The molecule has 0 saturated carbocycles. The van der Waals surface area contributed by atoms with Crippen LogP contribution in [0.15, 0.2) is 80.5 Å². The molecule has 3 aromatic carbocycles. The maximum absolute atomic E-state index is 13.3. The van der Waals surface area contributed by atoms with Gasteiger partial charge in [0.2, 0.25) is 5.43 Å². The fourth-order valence-electron chi connectivity index (χ4n) is 4.87. The van der Waals surface area contributed by atoms with Crippen LogP contribution in [0.3, 0.4) is 0 Å². The maximum Gasteiger partial charge on any atom is 0.410 e. The first-order valence-corrected chi connectivity index (χ1v) is 12.9. The lowest BCUT2D eigenvalue weighted by Crippen LogP contribution is -2.31. The van der Waals surface area contributed by atoms with Crippen LogP contribution in [-0.2, 0) is 11.3 Å². The minimum atomic E-state index is -0.355. The van der Waals surface area contributed by atoms with Crippen LogP contribution < -0.4 is 5.43 Å². The zero-order valence-electron chi connectivity index (χ0n) is 20.1. The highest BCUT2D eigenvalue weighted by atomic mass is 79.9. The molecule has 1 aliphatic rings. The number of imidazole rings is 1. The number of rotatable bonds is 4. The first-order valence-electron chi connectivity index (χ1n) is 12.1. The summed E-state index contributed by atoms with van der Waals surface area (Å²) in [5.41, 5.74) is 3.44. The molecule has 1 amide bonds. The van der Waals surface area contributed by atoms with Gasteiger partial charge < -0.3 is 14.1 Å². The van der Waals surface area contributed by atoms with E-state index in [0.717, 1.165) is 24.1 Å². The lowest BCUT2D eigenvalue weighted by molar-refractivity contribution is 0.0915. The summed E-state index contributed by atoms with van der Waals surface area (Å²) in [6.45, 7) is 0.829. The predicted molar refractivity (Wildman–Crippen MR) is 145 cm³/mol. The van der Waals surface area contributed by atoms with Gasteiger partial charge in [-0.15, -0.1) is 0 Å². The van der Waals surface area contributed by atoms with Gasteiger partial charge in [-0.1, -0.05) is 30.3 Å². The number of halogens is 1. The SMILES string of the molecule is N#Cc1cc2c(=O)c3cc(-c4ncc([C@@H]5CCCN5C(=O)OCc5ccccc5)[nH]4)ccc3oc2cc1Br. The molecule has 3 heterocycles. The number of nitrogens with one attached hydrogen (secondary N) is 1. The van der Waals surface area contributed by atoms with Gasteiger partial charge in [0.05, 0.1) is 34.3 Å². The molecule has 1 fully saturated rings. The van der Waals surface area contributed by atoms with Gasteiger partial charge in [-0.2, -0.15) is 5.26 Å². The Morgan fingerprint density at radius 2 is 1.97 bits per heavy atom. The molecule has 1 atom stereocenters. The summed E-state index contributed by atoms with van der Waals surface area (Å²) in [5, 5.41) is 10.1. The van der Waals surface area contributed by atoms with Crippen molar-refractivity contribution in [3.63, 3.8) is 0 Å². The summed E-state index contributed by atoms with van der Waals surface area (Å²) >= 11 is 3.34. The van der Waals surface area contributed by atoms with Crippen LogP contribution in [0, 0.1) is 11.3 Å². The van der Waals surface area contributed by atoms with Crippen LogP contribution in [0.1, 0.15) is 35.7 Å². The highest BCUT2D eigenvalue weighted by Crippen LogP contribution is 2.33. The molecule has 9 heteroatoms. The van der Waals surface area contributed by atoms with Crippen molar-refractivity contribution in [2.45, 2.75) is 25.5 Å². The van der Waals surface area contributed by atoms with Crippen molar-refractivity contribution >= 4 is 44.0 Å². The Labute approximate surface area is 225 Å². The molecular formula is C29H21BrN4O4. The minimum absolute atomic E-state index is 0.170. The van der Waals surface area contributed by atoms with Crippen molar-refractivity contribution in [2.24, 2.45) is 0 Å². The lowest BCUT2D eigenvalue weighted by Gasteiger charge is -2.23. The van der Waals surface area contributed by atoms with E-state index >= 15 is 0 Å². The molecule has 2 aromatic heterocycles. The molecule has 1 saturated heterocycles. The summed E-state index contributed by atoms with van der Waals surface area (Å²) in [7, 11) is 0. The van der Waals surface area contributed by atoms with E-state index in [9.17, 15) is 14.9 Å². The number of hydrogen-bond donors (Lipinski definition) is 1. The minimum Gasteiger partial charge on any atom is -0.456 e. The second-order valence-corrected chi connectivity index (χ2v) is 10.0. The molecule has 0 spiro atoms. The summed E-state index contributed by atoms with van der Waals surface area (Å²) in [6.07, 6.45) is 3.04. The van der Waals surface area contributed by atoms with Crippen LogP contribution in [0.2, 0.25) is 0 Å². The summed E-state index contributed by atoms with van der Waals surface area (Å²) in [5.74, 6) is 0.583. The van der Waals surface area contributed by atoms with E-state index in [1.54, 1.807) is 29.3 Å². The largest absolute Gasteiger partial charge is 0.456 e. The van der Waals surface area contributed by atoms with E-state index in [4.69, 9.17) is 9.15 Å². The average molecular weight is 569 g/mol. The molecule has 6 rings (SSSR count). The molecule has 0 bridgehead atoms. The highest BCUT2D eigenvalue weighted by Gasteiger charge is 2.32. The van der Waals surface area contributed by atoms with Crippen LogP contribution in [-0.4, -0.2) is 27.5 Å². The molecule has 38 heavy (non-hydrogen) atoms. The normalized spacial score (nSPS) is 15.2. The topological polar surface area (TPSA) is 112 Å².